The normalized spacial score (nSPS) is 9.95. The molecule has 0 aliphatic heterocycles. The van der Waals surface area contributed by atoms with E-state index in [4.69, 9.17) is 0 Å². The van der Waals surface area contributed by atoms with Gasteiger partial charge in [-0.25, -0.2) is 0 Å². The van der Waals surface area contributed by atoms with Crippen LogP contribution >= 0.6 is 0 Å². The first-order valence-corrected chi connectivity index (χ1v) is 6.25. The number of nitrogens with zero attached hydrogens (tertiary/aromatic N) is 1. The van der Waals surface area contributed by atoms with Crippen molar-refractivity contribution in [2.45, 2.75) is 6.42 Å². The van der Waals surface area contributed by atoms with Crippen molar-refractivity contribution in [2.75, 3.05) is 18.9 Å². The van der Waals surface area contributed by atoms with E-state index in [0.29, 0.717) is 12.1 Å². The molecule has 1 amide bonds. The second-order valence-electron chi connectivity index (χ2n) is 4.15. The van der Waals surface area contributed by atoms with E-state index >= 15 is 0 Å². The Morgan fingerprint density at radius 2 is 1.95 bits per heavy atom. The highest BCUT2D eigenvalue weighted by Crippen LogP contribution is 2.08. The fourth-order valence-electron chi connectivity index (χ4n) is 1.74. The minimum atomic E-state index is -0.0569. The lowest BCUT2D eigenvalue weighted by atomic mass is 10.2. The number of nitrogens with one attached hydrogen (secondary N) is 2. The van der Waals surface area contributed by atoms with Gasteiger partial charge in [-0.05, 0) is 36.4 Å². The van der Waals surface area contributed by atoms with Gasteiger partial charge in [-0.2, -0.15) is 0 Å². The van der Waals surface area contributed by atoms with E-state index < -0.39 is 0 Å². The first kappa shape index (κ1) is 13.1. The van der Waals surface area contributed by atoms with Gasteiger partial charge in [0.25, 0.3) is 5.91 Å². The van der Waals surface area contributed by atoms with Crippen LogP contribution in [-0.4, -0.2) is 24.5 Å². The zero-order valence-electron chi connectivity index (χ0n) is 10.9. The molecule has 0 spiro atoms. The zero-order valence-corrected chi connectivity index (χ0v) is 10.9. The van der Waals surface area contributed by atoms with Crippen molar-refractivity contribution in [3.05, 3.63) is 59.9 Å². The number of carbonyl (C=O) groups is 1. The lowest BCUT2D eigenvalue weighted by Crippen LogP contribution is -2.25. The van der Waals surface area contributed by atoms with Gasteiger partial charge < -0.3 is 10.6 Å². The van der Waals surface area contributed by atoms with Crippen LogP contribution in [0.5, 0.6) is 0 Å². The van der Waals surface area contributed by atoms with Gasteiger partial charge in [0.1, 0.15) is 0 Å². The lowest BCUT2D eigenvalue weighted by Gasteiger charge is -2.06. The molecule has 4 heteroatoms. The molecule has 0 atom stereocenters. The minimum Gasteiger partial charge on any atom is -0.388 e. The Balaban J connectivity index is 1.84. The summed E-state index contributed by atoms with van der Waals surface area (Å²) in [5, 5.41) is 5.90. The Kier molecular flexibility index (Phi) is 4.50. The number of hydrogen-bond donors (Lipinski definition) is 2. The van der Waals surface area contributed by atoms with Crippen molar-refractivity contribution in [3.8, 4) is 0 Å². The molecule has 1 aromatic heterocycles. The van der Waals surface area contributed by atoms with Crippen LogP contribution < -0.4 is 10.6 Å². The Hall–Kier alpha value is -2.36. The smallest absolute Gasteiger partial charge is 0.251 e. The van der Waals surface area contributed by atoms with Gasteiger partial charge in [0, 0.05) is 43.2 Å². The van der Waals surface area contributed by atoms with Crippen LogP contribution in [0.1, 0.15) is 16.1 Å². The Morgan fingerprint density at radius 3 is 2.58 bits per heavy atom. The second-order valence-corrected chi connectivity index (χ2v) is 4.15. The van der Waals surface area contributed by atoms with Gasteiger partial charge in [0.15, 0.2) is 0 Å². The van der Waals surface area contributed by atoms with Crippen molar-refractivity contribution in [1.29, 1.82) is 0 Å². The average molecular weight is 255 g/mol. The molecule has 0 bridgehead atoms. The first-order valence-electron chi connectivity index (χ1n) is 6.25. The predicted molar refractivity (Wildman–Crippen MR) is 76.3 cm³/mol. The zero-order chi connectivity index (χ0) is 13.5. The fourth-order valence-corrected chi connectivity index (χ4v) is 1.74. The van der Waals surface area contributed by atoms with E-state index in [1.807, 2.05) is 49.5 Å². The van der Waals surface area contributed by atoms with Gasteiger partial charge in [0.05, 0.1) is 0 Å². The highest BCUT2D eigenvalue weighted by atomic mass is 16.1. The summed E-state index contributed by atoms with van der Waals surface area (Å²) in [7, 11) is 1.85. The van der Waals surface area contributed by atoms with Crippen LogP contribution in [0.3, 0.4) is 0 Å². The predicted octanol–water partition coefficient (Wildman–Crippen LogP) is 2.10. The summed E-state index contributed by atoms with van der Waals surface area (Å²) < 4.78 is 0. The van der Waals surface area contributed by atoms with Gasteiger partial charge in [-0.15, -0.1) is 0 Å². The molecule has 2 N–H and O–H groups in total. The Morgan fingerprint density at radius 1 is 1.16 bits per heavy atom. The maximum Gasteiger partial charge on any atom is 0.251 e. The van der Waals surface area contributed by atoms with Crippen LogP contribution in [0.4, 0.5) is 5.69 Å². The molecule has 0 aliphatic rings. The van der Waals surface area contributed by atoms with Crippen LogP contribution in [-0.2, 0) is 6.42 Å². The molecule has 0 aliphatic carbocycles. The number of hydrogen-bond acceptors (Lipinski definition) is 3. The molecule has 2 aromatic rings. The van der Waals surface area contributed by atoms with E-state index in [9.17, 15) is 4.79 Å². The standard InChI is InChI=1S/C15H17N3O/c1-16-13-7-5-12(6-8-13)15(19)18-11-9-14-4-2-3-10-17-14/h2-8,10,16H,9,11H2,1H3,(H,18,19). The quantitative estimate of drug-likeness (QED) is 0.860. The summed E-state index contributed by atoms with van der Waals surface area (Å²) in [6.07, 6.45) is 2.49. The second kappa shape index (κ2) is 6.54. The monoisotopic (exact) mass is 255 g/mol. The van der Waals surface area contributed by atoms with Crippen LogP contribution in [0.25, 0.3) is 0 Å². The maximum atomic E-state index is 11.9. The first-order chi connectivity index (χ1) is 9.29. The Labute approximate surface area is 112 Å². The number of aromatic nitrogens is 1. The topological polar surface area (TPSA) is 54.0 Å². The molecule has 1 aromatic carbocycles. The maximum absolute atomic E-state index is 11.9. The molecule has 2 rings (SSSR count). The molecule has 98 valence electrons. The molecule has 0 fully saturated rings. The summed E-state index contributed by atoms with van der Waals surface area (Å²) >= 11 is 0. The fraction of sp³-hybridized carbons (Fsp3) is 0.200. The number of rotatable bonds is 5. The summed E-state index contributed by atoms with van der Waals surface area (Å²) in [5.74, 6) is -0.0569. The SMILES string of the molecule is CNc1ccc(C(=O)NCCc2ccccn2)cc1. The largest absolute Gasteiger partial charge is 0.388 e. The molecule has 4 nitrogen and oxygen atoms in total. The number of benzene rings is 1. The highest BCUT2D eigenvalue weighted by Gasteiger charge is 2.04. The lowest BCUT2D eigenvalue weighted by molar-refractivity contribution is 0.0954. The van der Waals surface area contributed by atoms with Crippen molar-refractivity contribution >= 4 is 11.6 Å². The van der Waals surface area contributed by atoms with Crippen LogP contribution in [0, 0.1) is 0 Å². The third-order valence-electron chi connectivity index (χ3n) is 2.83. The van der Waals surface area contributed by atoms with Crippen molar-refractivity contribution in [2.24, 2.45) is 0 Å². The van der Waals surface area contributed by atoms with Crippen molar-refractivity contribution in [3.63, 3.8) is 0 Å². The van der Waals surface area contributed by atoms with Crippen molar-refractivity contribution < 1.29 is 4.79 Å². The highest BCUT2D eigenvalue weighted by molar-refractivity contribution is 5.94. The van der Waals surface area contributed by atoms with Crippen LogP contribution in [0.15, 0.2) is 48.7 Å². The van der Waals surface area contributed by atoms with E-state index in [2.05, 4.69) is 15.6 Å². The van der Waals surface area contributed by atoms with E-state index in [1.54, 1.807) is 6.20 Å². The Bertz CT molecular complexity index is 523. The number of amides is 1. The summed E-state index contributed by atoms with van der Waals surface area (Å²) in [6.45, 7) is 0.587. The number of pyridine rings is 1. The molecule has 0 radical (unpaired) electrons. The van der Waals surface area contributed by atoms with E-state index in [1.165, 1.54) is 0 Å². The van der Waals surface area contributed by atoms with Crippen molar-refractivity contribution in [1.82, 2.24) is 10.3 Å². The molecule has 1 heterocycles. The average Bonchev–Trinajstić information content (AvgIpc) is 2.48. The molecule has 19 heavy (non-hydrogen) atoms. The van der Waals surface area contributed by atoms with E-state index in [0.717, 1.165) is 17.8 Å². The summed E-state index contributed by atoms with van der Waals surface area (Å²) in [4.78, 5) is 16.1. The van der Waals surface area contributed by atoms with Gasteiger partial charge in [-0.1, -0.05) is 6.07 Å². The van der Waals surface area contributed by atoms with Crippen LogP contribution in [0.2, 0.25) is 0 Å². The molecule has 0 unspecified atom stereocenters. The summed E-state index contributed by atoms with van der Waals surface area (Å²) in [5.41, 5.74) is 2.64. The summed E-state index contributed by atoms with van der Waals surface area (Å²) in [6, 6.07) is 13.2. The molecular weight excluding hydrogens is 238 g/mol. The van der Waals surface area contributed by atoms with Gasteiger partial charge in [-0.3, -0.25) is 9.78 Å². The number of carbonyl (C=O) groups excluding carboxylic acids is 1. The van der Waals surface area contributed by atoms with Gasteiger partial charge >= 0.3 is 0 Å². The molecular formula is C15H17N3O. The molecule has 0 saturated heterocycles. The third kappa shape index (κ3) is 3.81. The van der Waals surface area contributed by atoms with E-state index in [-0.39, 0.29) is 5.91 Å². The van der Waals surface area contributed by atoms with Gasteiger partial charge in [0.2, 0.25) is 0 Å². The number of anilines is 1. The molecule has 0 saturated carbocycles. The third-order valence-corrected chi connectivity index (χ3v) is 2.83. The minimum absolute atomic E-state index is 0.0569.